The number of aromatic hydroxyl groups is 2. The van der Waals surface area contributed by atoms with Crippen LogP contribution in [0.2, 0.25) is 0 Å². The standard InChI is InChI=1S/C38H45NO8.C30H37NO9.CH3.Pd/c1-4-6-13-21-39(22-14-7-5-2)28-19-20-31(32(40)23-28)34(42)29-17-11-12-18-30(29)37(43)46-25-33(41)35-26(3)36(38(44)47-35)45-24-27-15-9-8-10-16-27;1-3-5-9-15-31(16-10-6-4-2)19-13-14-22(23(32)17-19)25(34)20-11-7-8-12-21(20)29(37)39-18-24(33)28-26(35)27(36)30(38)40-28;;/h8-12,15-20,23,33,35,40-41H,4-7,13-14,21-22,24-25H2,1-3H3;7-8,11-14,17,24,28,32-33,35-36H,3-6,9-10,15-16,18H2,1-2H3;1H3;/q;;-1;. The molecule has 0 radical (unpaired) electrons. The summed E-state index contributed by atoms with van der Waals surface area (Å²) in [5, 5.41) is 61.9. The van der Waals surface area contributed by atoms with Gasteiger partial charge in [-0.3, -0.25) is 9.59 Å². The zero-order valence-electron chi connectivity index (χ0n) is 51.6. The molecule has 0 saturated heterocycles. The molecule has 0 spiro atoms. The van der Waals surface area contributed by atoms with E-state index in [-0.39, 0.29) is 85.1 Å². The van der Waals surface area contributed by atoms with E-state index in [1.54, 1.807) is 55.5 Å². The molecule has 0 saturated carbocycles. The quantitative estimate of drug-likeness (QED) is 0.00569. The van der Waals surface area contributed by atoms with Crippen LogP contribution in [0.25, 0.3) is 0 Å². The molecule has 7 rings (SSSR count). The first-order valence-corrected chi connectivity index (χ1v) is 30.0. The Balaban J connectivity index is 0.000000377. The van der Waals surface area contributed by atoms with E-state index in [2.05, 4.69) is 42.2 Å². The molecule has 0 amide bonds. The van der Waals surface area contributed by atoms with Gasteiger partial charge in [-0.25, -0.2) is 19.2 Å². The van der Waals surface area contributed by atoms with Crippen molar-refractivity contribution >= 4 is 46.8 Å². The molecule has 2 aliphatic heterocycles. The van der Waals surface area contributed by atoms with E-state index in [1.807, 2.05) is 36.4 Å². The Labute approximate surface area is 535 Å². The number of esters is 4. The van der Waals surface area contributed by atoms with Crippen LogP contribution in [0.1, 0.15) is 170 Å². The Hall–Kier alpha value is -8.02. The normalized spacial score (nSPS) is 14.9. The van der Waals surface area contributed by atoms with E-state index >= 15 is 0 Å². The van der Waals surface area contributed by atoms with E-state index in [0.717, 1.165) is 120 Å². The third-order valence-corrected chi connectivity index (χ3v) is 14.9. The largest absolute Gasteiger partial charge is 0.507 e. The van der Waals surface area contributed by atoms with E-state index < -0.39 is 84.6 Å². The first kappa shape index (κ1) is 73.5. The predicted molar refractivity (Wildman–Crippen MR) is 333 cm³/mol. The van der Waals surface area contributed by atoms with E-state index in [1.165, 1.54) is 30.3 Å². The topological polar surface area (TPSA) is 276 Å². The fourth-order valence-corrected chi connectivity index (χ4v) is 9.97. The molecule has 484 valence electrons. The summed E-state index contributed by atoms with van der Waals surface area (Å²) < 4.78 is 26.1. The number of phenolic OH excluding ortho intramolecular Hbond substituents is 2. The molecule has 89 heavy (non-hydrogen) atoms. The van der Waals surface area contributed by atoms with Crippen molar-refractivity contribution in [1.82, 2.24) is 0 Å². The number of ketones is 2. The number of carbonyl (C=O) groups excluding carboxylic acids is 6. The number of hydrogen-bond acceptors (Lipinski definition) is 19. The predicted octanol–water partition coefficient (Wildman–Crippen LogP) is 11.8. The molecule has 6 N–H and O–H groups in total. The number of unbranched alkanes of at least 4 members (excludes halogenated alkanes) is 8. The fourth-order valence-electron chi connectivity index (χ4n) is 9.97. The number of anilines is 2. The second-order valence-corrected chi connectivity index (χ2v) is 21.5. The first-order chi connectivity index (χ1) is 41.9. The number of cyclic esters (lactones) is 2. The second kappa shape index (κ2) is 37.1. The van der Waals surface area contributed by atoms with Crippen molar-refractivity contribution < 1.29 is 104 Å². The van der Waals surface area contributed by atoms with Gasteiger partial charge in [0.2, 0.25) is 11.5 Å². The molecule has 5 aromatic carbocycles. The van der Waals surface area contributed by atoms with Gasteiger partial charge in [0.1, 0.15) is 43.5 Å². The molecule has 4 unspecified atom stereocenters. The maximum absolute atomic E-state index is 13.6. The minimum atomic E-state index is -1.66. The van der Waals surface area contributed by atoms with Crippen LogP contribution in [-0.4, -0.2) is 130 Å². The van der Waals surface area contributed by atoms with Crippen molar-refractivity contribution in [3.05, 3.63) is 184 Å². The Bertz CT molecular complexity index is 3200. The first-order valence-electron chi connectivity index (χ1n) is 30.0. The molecule has 0 aliphatic carbocycles. The van der Waals surface area contributed by atoms with Crippen LogP contribution in [0.15, 0.2) is 138 Å². The van der Waals surface area contributed by atoms with Crippen LogP contribution in [0.5, 0.6) is 11.5 Å². The minimum absolute atomic E-state index is 0. The summed E-state index contributed by atoms with van der Waals surface area (Å²) in [5.74, 6) is -7.08. The van der Waals surface area contributed by atoms with Crippen molar-refractivity contribution in [3.63, 3.8) is 0 Å². The number of benzene rings is 5. The third kappa shape index (κ3) is 20.2. The number of hydrogen-bond donors (Lipinski definition) is 6. The minimum Gasteiger partial charge on any atom is -0.507 e. The molecule has 2 heterocycles. The number of ether oxygens (including phenoxy) is 5. The average Bonchev–Trinajstić information content (AvgIpc) is 2.77. The van der Waals surface area contributed by atoms with Crippen LogP contribution >= 0.6 is 0 Å². The number of aliphatic hydroxyl groups is 4. The fraction of sp³-hybridized carbons (Fsp3) is 0.406. The SMILES string of the molecule is CCCCCN(CCCCC)c1ccc(C(=O)c2ccccc2C(=O)OCC(O)C2OC(=O)C(O)=C2O)c(O)c1.CCCCCN(CCCCC)c1ccc(C(=O)c2ccccc2C(=O)OCC(O)C2OC(=O)C(OCc3ccccc3)=C2C)c(O)c1.[CH3-].[Pd]. The van der Waals surface area contributed by atoms with Crippen LogP contribution in [-0.2, 0) is 60.3 Å². The van der Waals surface area contributed by atoms with Crippen LogP contribution < -0.4 is 9.80 Å². The molecule has 5 aromatic rings. The summed E-state index contributed by atoms with van der Waals surface area (Å²) in [5.41, 5.74) is 2.93. The van der Waals surface area contributed by atoms with Crippen LogP contribution in [0.3, 0.4) is 0 Å². The van der Waals surface area contributed by atoms with Crippen molar-refractivity contribution in [1.29, 1.82) is 0 Å². The maximum Gasteiger partial charge on any atom is 0.377 e. The molecule has 0 fully saturated rings. The van der Waals surface area contributed by atoms with E-state index in [0.29, 0.717) is 5.57 Å². The van der Waals surface area contributed by atoms with Gasteiger partial charge in [-0.05, 0) is 74.6 Å². The Morgan fingerprint density at radius 2 is 0.888 bits per heavy atom. The van der Waals surface area contributed by atoms with E-state index in [4.69, 9.17) is 18.9 Å². The molecular weight excluding hydrogens is 1240 g/mol. The van der Waals surface area contributed by atoms with E-state index in [9.17, 15) is 59.4 Å². The van der Waals surface area contributed by atoms with Gasteiger partial charge in [0.15, 0.2) is 29.5 Å². The summed E-state index contributed by atoms with van der Waals surface area (Å²) in [4.78, 5) is 81.3. The number of nitrogens with zero attached hydrogens (tertiary/aromatic N) is 2. The van der Waals surface area contributed by atoms with Crippen LogP contribution in [0.4, 0.5) is 11.4 Å². The van der Waals surface area contributed by atoms with Gasteiger partial charge in [-0.15, -0.1) is 0 Å². The number of rotatable bonds is 33. The summed E-state index contributed by atoms with van der Waals surface area (Å²) >= 11 is 0. The number of phenols is 2. The molecule has 0 bridgehead atoms. The molecule has 19 nitrogen and oxygen atoms in total. The Morgan fingerprint density at radius 1 is 0.506 bits per heavy atom. The molecule has 0 aromatic heterocycles. The molecular formula is C69H85N2O17Pd-. The molecule has 2 aliphatic rings. The molecule has 20 heteroatoms. The van der Waals surface area contributed by atoms with Gasteiger partial charge in [0, 0.05) is 86.8 Å². The van der Waals surface area contributed by atoms with Gasteiger partial charge in [0.25, 0.3) is 0 Å². The summed E-state index contributed by atoms with van der Waals surface area (Å²) in [6.07, 6.45) is 7.29. The monoisotopic (exact) mass is 1320 g/mol. The zero-order chi connectivity index (χ0) is 63.0. The van der Waals surface area contributed by atoms with Gasteiger partial charge >= 0.3 is 23.9 Å². The Kier molecular flexibility index (Phi) is 30.6. The van der Waals surface area contributed by atoms with Gasteiger partial charge < -0.3 is 71.5 Å². The smallest absolute Gasteiger partial charge is 0.377 e. The number of aliphatic hydroxyl groups excluding tert-OH is 4. The summed E-state index contributed by atoms with van der Waals surface area (Å²) in [6, 6.07) is 31.3. The van der Waals surface area contributed by atoms with Gasteiger partial charge in [-0.2, -0.15) is 0 Å². The Morgan fingerprint density at radius 3 is 1.27 bits per heavy atom. The maximum atomic E-state index is 13.6. The van der Waals surface area contributed by atoms with Crippen molar-refractivity contribution in [2.24, 2.45) is 0 Å². The van der Waals surface area contributed by atoms with Gasteiger partial charge in [-0.1, -0.05) is 146 Å². The third-order valence-electron chi connectivity index (χ3n) is 14.9. The van der Waals surface area contributed by atoms with Crippen LogP contribution in [0, 0.1) is 7.43 Å². The zero-order valence-corrected chi connectivity index (χ0v) is 53.2. The second-order valence-electron chi connectivity index (χ2n) is 21.5. The van der Waals surface area contributed by atoms with Crippen molar-refractivity contribution in [2.75, 3.05) is 49.2 Å². The van der Waals surface area contributed by atoms with Crippen molar-refractivity contribution in [3.8, 4) is 11.5 Å². The number of carbonyl (C=O) groups is 6. The van der Waals surface area contributed by atoms with Crippen molar-refractivity contribution in [2.45, 2.75) is 143 Å². The average molecular weight is 1320 g/mol. The summed E-state index contributed by atoms with van der Waals surface area (Å²) in [7, 11) is 0. The summed E-state index contributed by atoms with van der Waals surface area (Å²) in [6.45, 7) is 12.6. The van der Waals surface area contributed by atoms with Gasteiger partial charge in [0.05, 0.1) is 22.3 Å². The molecule has 4 atom stereocenters.